The number of rotatable bonds is 5. The van der Waals surface area contributed by atoms with Crippen molar-refractivity contribution in [2.75, 3.05) is 6.61 Å². The zero-order chi connectivity index (χ0) is 16.3. The van der Waals surface area contributed by atoms with Crippen LogP contribution in [-0.4, -0.2) is 25.8 Å². The highest BCUT2D eigenvalue weighted by atomic mass is 32.2. The average molecular weight is 319 g/mol. The van der Waals surface area contributed by atoms with E-state index in [0.717, 1.165) is 34.0 Å². The summed E-state index contributed by atoms with van der Waals surface area (Å²) in [5.74, 6) is 1.11. The molecule has 2 heterocycles. The maximum atomic E-state index is 12.5. The molecule has 0 aliphatic heterocycles. The monoisotopic (exact) mass is 319 g/mol. The van der Waals surface area contributed by atoms with Gasteiger partial charge in [0.25, 0.3) is 0 Å². The Balaban J connectivity index is 2.30. The van der Waals surface area contributed by atoms with Crippen molar-refractivity contribution in [3.05, 3.63) is 40.5 Å². The molecule has 0 bridgehead atoms. The topological polar surface area (TPSA) is 65.0 Å². The molecular formula is C16H21N3O2S. The van der Waals surface area contributed by atoms with Gasteiger partial charge < -0.3 is 4.74 Å². The minimum absolute atomic E-state index is 0.287. The van der Waals surface area contributed by atoms with Crippen LogP contribution in [0.3, 0.4) is 0 Å². The van der Waals surface area contributed by atoms with E-state index in [0.29, 0.717) is 11.8 Å². The molecule has 0 N–H and O–H groups in total. The third kappa shape index (κ3) is 3.68. The van der Waals surface area contributed by atoms with Crippen LogP contribution in [0.5, 0.6) is 5.75 Å². The van der Waals surface area contributed by atoms with Crippen molar-refractivity contribution < 1.29 is 8.95 Å². The van der Waals surface area contributed by atoms with Crippen molar-refractivity contribution in [2.45, 2.75) is 45.5 Å². The highest BCUT2D eigenvalue weighted by molar-refractivity contribution is 7.84. The number of nitrogens with zero attached hydrogens (tertiary/aromatic N) is 3. The van der Waals surface area contributed by atoms with Crippen molar-refractivity contribution in [3.63, 3.8) is 0 Å². The molecule has 5 nitrogen and oxygen atoms in total. The van der Waals surface area contributed by atoms with Crippen LogP contribution in [0.2, 0.25) is 0 Å². The van der Waals surface area contributed by atoms with Gasteiger partial charge in [-0.2, -0.15) is 0 Å². The van der Waals surface area contributed by atoms with Crippen LogP contribution in [0.4, 0.5) is 0 Å². The fourth-order valence-electron chi connectivity index (χ4n) is 2.25. The third-order valence-corrected chi connectivity index (χ3v) is 4.39. The van der Waals surface area contributed by atoms with E-state index in [4.69, 9.17) is 4.74 Å². The first-order chi connectivity index (χ1) is 10.4. The summed E-state index contributed by atoms with van der Waals surface area (Å²) in [6.07, 6.45) is 1.76. The summed E-state index contributed by atoms with van der Waals surface area (Å²) in [7, 11) is -1.32. The maximum Gasteiger partial charge on any atom is 0.219 e. The summed E-state index contributed by atoms with van der Waals surface area (Å²) in [4.78, 5) is 12.9. The lowest BCUT2D eigenvalue weighted by Crippen LogP contribution is -2.08. The Kier molecular flexibility index (Phi) is 5.24. The number of aromatic nitrogens is 3. The number of ether oxygens (including phenoxy) is 1. The summed E-state index contributed by atoms with van der Waals surface area (Å²) in [5, 5.41) is 0.359. The Morgan fingerprint density at radius 3 is 2.36 bits per heavy atom. The highest BCUT2D eigenvalue weighted by Crippen LogP contribution is 2.25. The number of hydrogen-bond donors (Lipinski definition) is 0. The zero-order valence-electron chi connectivity index (χ0n) is 13.6. The summed E-state index contributed by atoms with van der Waals surface area (Å²) >= 11 is 0. The summed E-state index contributed by atoms with van der Waals surface area (Å²) in [6, 6.07) is 1.86. The number of pyridine rings is 1. The van der Waals surface area contributed by atoms with Crippen LogP contribution < -0.4 is 4.74 Å². The van der Waals surface area contributed by atoms with Crippen LogP contribution in [0.1, 0.15) is 35.1 Å². The van der Waals surface area contributed by atoms with Crippen LogP contribution >= 0.6 is 0 Å². The van der Waals surface area contributed by atoms with Gasteiger partial charge in [-0.05, 0) is 40.7 Å². The molecule has 0 aromatic carbocycles. The van der Waals surface area contributed by atoms with Crippen LogP contribution in [0, 0.1) is 27.7 Å². The molecule has 118 valence electrons. The van der Waals surface area contributed by atoms with E-state index < -0.39 is 10.8 Å². The molecular weight excluding hydrogens is 298 g/mol. The predicted octanol–water partition coefficient (Wildman–Crippen LogP) is 2.81. The fourth-order valence-corrected chi connectivity index (χ4v) is 3.41. The van der Waals surface area contributed by atoms with Gasteiger partial charge in [0.1, 0.15) is 5.75 Å². The lowest BCUT2D eigenvalue weighted by molar-refractivity contribution is 0.334. The summed E-state index contributed by atoms with van der Waals surface area (Å²) in [5.41, 5.74) is 4.31. The lowest BCUT2D eigenvalue weighted by Gasteiger charge is -2.13. The second kappa shape index (κ2) is 6.96. The van der Waals surface area contributed by atoms with Gasteiger partial charge >= 0.3 is 0 Å². The van der Waals surface area contributed by atoms with Crippen molar-refractivity contribution in [2.24, 2.45) is 0 Å². The molecule has 0 aliphatic rings. The van der Waals surface area contributed by atoms with Gasteiger partial charge in [-0.3, -0.25) is 9.19 Å². The minimum Gasteiger partial charge on any atom is -0.493 e. The first kappa shape index (κ1) is 16.5. The van der Waals surface area contributed by atoms with Crippen LogP contribution in [0.25, 0.3) is 0 Å². The van der Waals surface area contributed by atoms with E-state index >= 15 is 0 Å². The Morgan fingerprint density at radius 2 is 1.77 bits per heavy atom. The van der Waals surface area contributed by atoms with Gasteiger partial charge in [0.2, 0.25) is 5.16 Å². The minimum atomic E-state index is -1.32. The van der Waals surface area contributed by atoms with Crippen molar-refractivity contribution in [1.82, 2.24) is 15.0 Å². The average Bonchev–Trinajstić information content (AvgIpc) is 2.45. The summed E-state index contributed by atoms with van der Waals surface area (Å²) < 4.78 is 18.2. The lowest BCUT2D eigenvalue weighted by atomic mass is 10.1. The first-order valence-corrected chi connectivity index (χ1v) is 8.52. The Hall–Kier alpha value is -1.82. The molecule has 2 rings (SSSR count). The second-order valence-corrected chi connectivity index (χ2v) is 6.54. The van der Waals surface area contributed by atoms with Gasteiger partial charge in [0.05, 0.1) is 28.9 Å². The predicted molar refractivity (Wildman–Crippen MR) is 86.5 cm³/mol. The third-order valence-electron chi connectivity index (χ3n) is 3.27. The van der Waals surface area contributed by atoms with Gasteiger partial charge in [-0.15, -0.1) is 0 Å². The van der Waals surface area contributed by atoms with E-state index in [1.54, 1.807) is 6.20 Å². The van der Waals surface area contributed by atoms with E-state index in [9.17, 15) is 4.21 Å². The smallest absolute Gasteiger partial charge is 0.219 e. The molecule has 22 heavy (non-hydrogen) atoms. The largest absolute Gasteiger partial charge is 0.493 e. The Morgan fingerprint density at radius 1 is 1.14 bits per heavy atom. The van der Waals surface area contributed by atoms with Gasteiger partial charge in [-0.1, -0.05) is 0 Å². The van der Waals surface area contributed by atoms with E-state index in [-0.39, 0.29) is 5.75 Å². The van der Waals surface area contributed by atoms with Crippen molar-refractivity contribution in [1.29, 1.82) is 0 Å². The molecule has 0 fully saturated rings. The fraction of sp³-hybridized carbons (Fsp3) is 0.438. The Bertz CT molecular complexity index is 697. The molecule has 0 saturated carbocycles. The molecule has 6 heteroatoms. The van der Waals surface area contributed by atoms with Crippen molar-refractivity contribution in [3.8, 4) is 5.75 Å². The SMILES string of the molecule is CCOc1c(C)cnc(CS(=O)c2nc(C)cc(C)n2)c1C. The van der Waals surface area contributed by atoms with Gasteiger partial charge in [0.15, 0.2) is 0 Å². The molecule has 0 aliphatic carbocycles. The molecule has 1 atom stereocenters. The molecule has 1 unspecified atom stereocenters. The molecule has 2 aromatic rings. The molecule has 0 spiro atoms. The standard InChI is InChI=1S/C16H21N3O2S/c1-6-21-15-10(2)8-17-14(13(15)5)9-22(20)16-18-11(3)7-12(4)19-16/h7-8H,6,9H2,1-5H3. The Labute approximate surface area is 133 Å². The van der Waals surface area contributed by atoms with Crippen LogP contribution in [-0.2, 0) is 16.6 Å². The quantitative estimate of drug-likeness (QED) is 0.793. The molecule has 0 amide bonds. The van der Waals surface area contributed by atoms with E-state index in [1.165, 1.54) is 0 Å². The van der Waals surface area contributed by atoms with Crippen LogP contribution in [0.15, 0.2) is 17.4 Å². The first-order valence-electron chi connectivity index (χ1n) is 7.21. The highest BCUT2D eigenvalue weighted by Gasteiger charge is 2.15. The maximum absolute atomic E-state index is 12.5. The van der Waals surface area contributed by atoms with E-state index in [1.807, 2.05) is 40.7 Å². The van der Waals surface area contributed by atoms with Gasteiger partial charge in [-0.25, -0.2) is 9.97 Å². The van der Waals surface area contributed by atoms with Gasteiger partial charge in [0, 0.05) is 28.7 Å². The molecule has 2 aromatic heterocycles. The molecule has 0 saturated heterocycles. The number of aryl methyl sites for hydroxylation is 3. The zero-order valence-corrected chi connectivity index (χ0v) is 14.5. The van der Waals surface area contributed by atoms with E-state index in [2.05, 4.69) is 15.0 Å². The summed E-state index contributed by atoms with van der Waals surface area (Å²) in [6.45, 7) is 10.2. The molecule has 0 radical (unpaired) electrons. The second-order valence-electron chi connectivity index (χ2n) is 5.20. The number of hydrogen-bond acceptors (Lipinski definition) is 5. The van der Waals surface area contributed by atoms with Crippen molar-refractivity contribution >= 4 is 10.8 Å². The normalized spacial score (nSPS) is 12.2.